The molecule has 4 heteroatoms. The summed E-state index contributed by atoms with van der Waals surface area (Å²) in [4.78, 5) is 0. The van der Waals surface area contributed by atoms with Crippen LogP contribution in [-0.2, 0) is 0 Å². The molecule has 0 aromatic heterocycles. The molecule has 0 bridgehead atoms. The number of halogens is 2. The molecule has 0 spiro atoms. The van der Waals surface area contributed by atoms with E-state index in [9.17, 15) is 8.78 Å². The third-order valence-corrected chi connectivity index (χ3v) is 3.03. The van der Waals surface area contributed by atoms with E-state index in [0.29, 0.717) is 12.6 Å². The van der Waals surface area contributed by atoms with Gasteiger partial charge in [0.1, 0.15) is 5.82 Å². The van der Waals surface area contributed by atoms with Crippen LogP contribution in [0.15, 0.2) is 18.2 Å². The van der Waals surface area contributed by atoms with Gasteiger partial charge in [-0.05, 0) is 37.9 Å². The Hall–Kier alpha value is -1.16. The zero-order chi connectivity index (χ0) is 12.1. The topological polar surface area (TPSA) is 21.3 Å². The molecule has 1 aliphatic rings. The number of nitrogens with one attached hydrogen (secondary N) is 1. The van der Waals surface area contributed by atoms with Crippen molar-refractivity contribution in [2.45, 2.75) is 31.7 Å². The molecular weight excluding hydrogens is 224 g/mol. The maximum absolute atomic E-state index is 13.2. The number of hydrogen-bond donors (Lipinski definition) is 1. The Balaban J connectivity index is 1.77. The molecule has 1 saturated heterocycles. The molecule has 2 rings (SSSR count). The number of ether oxygens (including phenoxy) is 1. The van der Waals surface area contributed by atoms with Crippen LogP contribution in [0.1, 0.15) is 25.7 Å². The fourth-order valence-electron chi connectivity index (χ4n) is 2.07. The Bertz CT molecular complexity index is 364. The lowest BCUT2D eigenvalue weighted by Crippen LogP contribution is -2.35. The molecule has 1 aromatic rings. The Labute approximate surface area is 100.0 Å². The maximum atomic E-state index is 13.2. The largest absolute Gasteiger partial charge is 0.490 e. The molecule has 1 heterocycles. The SMILES string of the molecule is Fc1ccc(OCC[C@H]2CCCCN2)c(F)c1. The molecule has 0 unspecified atom stereocenters. The summed E-state index contributed by atoms with van der Waals surface area (Å²) in [5.74, 6) is -1.09. The lowest BCUT2D eigenvalue weighted by Gasteiger charge is -2.23. The number of piperidine rings is 1. The lowest BCUT2D eigenvalue weighted by atomic mass is 10.0. The van der Waals surface area contributed by atoms with E-state index >= 15 is 0 Å². The van der Waals surface area contributed by atoms with Gasteiger partial charge >= 0.3 is 0 Å². The monoisotopic (exact) mass is 241 g/mol. The first-order chi connectivity index (χ1) is 8.25. The molecular formula is C13H17F2NO. The highest BCUT2D eigenvalue weighted by atomic mass is 19.1. The molecule has 94 valence electrons. The van der Waals surface area contributed by atoms with Crippen LogP contribution in [0.2, 0.25) is 0 Å². The average molecular weight is 241 g/mol. The van der Waals surface area contributed by atoms with E-state index in [1.54, 1.807) is 0 Å². The predicted octanol–water partition coefficient (Wildman–Crippen LogP) is 2.88. The minimum atomic E-state index is -0.637. The van der Waals surface area contributed by atoms with Crippen molar-refractivity contribution in [2.24, 2.45) is 0 Å². The van der Waals surface area contributed by atoms with E-state index < -0.39 is 11.6 Å². The Morgan fingerprint density at radius 3 is 2.88 bits per heavy atom. The Morgan fingerprint density at radius 1 is 1.29 bits per heavy atom. The zero-order valence-corrected chi connectivity index (χ0v) is 9.72. The molecule has 2 nitrogen and oxygen atoms in total. The van der Waals surface area contributed by atoms with E-state index in [0.717, 1.165) is 25.5 Å². The summed E-state index contributed by atoms with van der Waals surface area (Å²) in [5.41, 5.74) is 0. The Kier molecular flexibility index (Phi) is 4.31. The van der Waals surface area contributed by atoms with Crippen LogP contribution >= 0.6 is 0 Å². The molecule has 1 N–H and O–H groups in total. The van der Waals surface area contributed by atoms with Crippen molar-refractivity contribution < 1.29 is 13.5 Å². The Morgan fingerprint density at radius 2 is 2.18 bits per heavy atom. The minimum Gasteiger partial charge on any atom is -0.490 e. The molecule has 1 aromatic carbocycles. The standard InChI is InChI=1S/C13H17F2NO/c14-10-4-5-13(12(15)9-10)17-8-6-11-3-1-2-7-16-11/h4-5,9,11,16H,1-3,6-8H2/t11-/m1/s1. The third-order valence-electron chi connectivity index (χ3n) is 3.03. The van der Waals surface area contributed by atoms with Gasteiger partial charge in [0, 0.05) is 12.1 Å². The normalized spacial score (nSPS) is 20.2. The summed E-state index contributed by atoms with van der Waals surface area (Å²) in [6.07, 6.45) is 4.47. The van der Waals surface area contributed by atoms with Gasteiger partial charge in [-0.2, -0.15) is 0 Å². The van der Waals surface area contributed by atoms with Gasteiger partial charge < -0.3 is 10.1 Å². The molecule has 17 heavy (non-hydrogen) atoms. The van der Waals surface area contributed by atoms with Crippen molar-refractivity contribution in [1.29, 1.82) is 0 Å². The quantitative estimate of drug-likeness (QED) is 0.875. The third kappa shape index (κ3) is 3.66. The van der Waals surface area contributed by atoms with E-state index in [1.165, 1.54) is 25.0 Å². The van der Waals surface area contributed by atoms with Crippen molar-refractivity contribution in [2.75, 3.05) is 13.2 Å². The van der Waals surface area contributed by atoms with Gasteiger partial charge in [-0.1, -0.05) is 6.42 Å². The molecule has 0 radical (unpaired) electrons. The smallest absolute Gasteiger partial charge is 0.167 e. The van der Waals surface area contributed by atoms with Crippen LogP contribution in [0.5, 0.6) is 5.75 Å². The van der Waals surface area contributed by atoms with E-state index in [4.69, 9.17) is 4.74 Å². The van der Waals surface area contributed by atoms with Crippen molar-refractivity contribution in [3.63, 3.8) is 0 Å². The van der Waals surface area contributed by atoms with Gasteiger partial charge in [0.15, 0.2) is 11.6 Å². The van der Waals surface area contributed by atoms with Gasteiger partial charge in [-0.3, -0.25) is 0 Å². The second-order valence-electron chi connectivity index (χ2n) is 4.36. The van der Waals surface area contributed by atoms with Crippen LogP contribution < -0.4 is 10.1 Å². The van der Waals surface area contributed by atoms with Crippen LogP contribution in [-0.4, -0.2) is 19.2 Å². The summed E-state index contributed by atoms with van der Waals surface area (Å²) in [5, 5.41) is 3.40. The molecule has 1 atom stereocenters. The fourth-order valence-corrected chi connectivity index (χ4v) is 2.07. The van der Waals surface area contributed by atoms with Gasteiger partial charge in [0.25, 0.3) is 0 Å². The summed E-state index contributed by atoms with van der Waals surface area (Å²) >= 11 is 0. The van der Waals surface area contributed by atoms with Crippen LogP contribution in [0.3, 0.4) is 0 Å². The maximum Gasteiger partial charge on any atom is 0.167 e. The predicted molar refractivity (Wildman–Crippen MR) is 62.1 cm³/mol. The van der Waals surface area contributed by atoms with Crippen molar-refractivity contribution in [3.05, 3.63) is 29.8 Å². The van der Waals surface area contributed by atoms with Gasteiger partial charge in [-0.15, -0.1) is 0 Å². The highest BCUT2D eigenvalue weighted by Gasteiger charge is 2.12. The summed E-state index contributed by atoms with van der Waals surface area (Å²) in [6, 6.07) is 3.84. The summed E-state index contributed by atoms with van der Waals surface area (Å²) < 4.78 is 31.2. The first-order valence-electron chi connectivity index (χ1n) is 6.07. The van der Waals surface area contributed by atoms with Gasteiger partial charge in [0.2, 0.25) is 0 Å². The minimum absolute atomic E-state index is 0.127. The van der Waals surface area contributed by atoms with E-state index in [-0.39, 0.29) is 5.75 Å². The van der Waals surface area contributed by atoms with Crippen molar-refractivity contribution in [3.8, 4) is 5.75 Å². The van der Waals surface area contributed by atoms with E-state index in [1.807, 2.05) is 0 Å². The van der Waals surface area contributed by atoms with Crippen molar-refractivity contribution in [1.82, 2.24) is 5.32 Å². The molecule has 0 amide bonds. The highest BCUT2D eigenvalue weighted by molar-refractivity contribution is 5.24. The van der Waals surface area contributed by atoms with E-state index in [2.05, 4.69) is 5.32 Å². The number of benzene rings is 1. The second-order valence-corrected chi connectivity index (χ2v) is 4.36. The molecule has 0 saturated carbocycles. The number of hydrogen-bond acceptors (Lipinski definition) is 2. The highest BCUT2D eigenvalue weighted by Crippen LogP contribution is 2.18. The summed E-state index contributed by atoms with van der Waals surface area (Å²) in [6.45, 7) is 1.51. The van der Waals surface area contributed by atoms with Crippen LogP contribution in [0, 0.1) is 11.6 Å². The fraction of sp³-hybridized carbons (Fsp3) is 0.538. The number of rotatable bonds is 4. The first kappa shape index (κ1) is 12.3. The van der Waals surface area contributed by atoms with Crippen LogP contribution in [0.4, 0.5) is 8.78 Å². The molecule has 0 aliphatic carbocycles. The van der Waals surface area contributed by atoms with Crippen LogP contribution in [0.25, 0.3) is 0 Å². The summed E-state index contributed by atoms with van der Waals surface area (Å²) in [7, 11) is 0. The van der Waals surface area contributed by atoms with Gasteiger partial charge in [-0.25, -0.2) is 8.78 Å². The lowest BCUT2D eigenvalue weighted by molar-refractivity contribution is 0.258. The van der Waals surface area contributed by atoms with Crippen molar-refractivity contribution >= 4 is 0 Å². The molecule has 1 aliphatic heterocycles. The average Bonchev–Trinajstić information content (AvgIpc) is 2.33. The molecule has 1 fully saturated rings. The second kappa shape index (κ2) is 5.96. The first-order valence-corrected chi connectivity index (χ1v) is 6.07. The zero-order valence-electron chi connectivity index (χ0n) is 9.72. The van der Waals surface area contributed by atoms with Gasteiger partial charge in [0.05, 0.1) is 6.61 Å².